The molecule has 2 atom stereocenters. The maximum Gasteiger partial charge on any atom is 0.0195 e. The second kappa shape index (κ2) is 8.55. The van der Waals surface area contributed by atoms with Crippen LogP contribution in [0.25, 0.3) is 0 Å². The summed E-state index contributed by atoms with van der Waals surface area (Å²) in [6.45, 7) is 10.6. The van der Waals surface area contributed by atoms with Gasteiger partial charge in [-0.3, -0.25) is 4.90 Å². The third-order valence-electron chi connectivity index (χ3n) is 4.52. The average molecular weight is 288 g/mol. The number of nitrogens with zero attached hydrogens (tertiary/aromatic N) is 1. The Bertz CT molecular complexity index is 382. The summed E-state index contributed by atoms with van der Waals surface area (Å²) in [4.78, 5) is 2.74. The average Bonchev–Trinajstić information content (AvgIpc) is 2.98. The summed E-state index contributed by atoms with van der Waals surface area (Å²) in [5.74, 6) is 0.733. The summed E-state index contributed by atoms with van der Waals surface area (Å²) in [7, 11) is 0. The van der Waals surface area contributed by atoms with Gasteiger partial charge in [-0.15, -0.1) is 0 Å². The minimum atomic E-state index is 0.664. The molecular formula is C19H32N2. The quantitative estimate of drug-likeness (QED) is 0.784. The summed E-state index contributed by atoms with van der Waals surface area (Å²) in [5, 5.41) is 3.66. The Morgan fingerprint density at radius 1 is 1.24 bits per heavy atom. The zero-order valence-corrected chi connectivity index (χ0v) is 14.0. The van der Waals surface area contributed by atoms with Gasteiger partial charge >= 0.3 is 0 Å². The molecule has 0 aromatic heterocycles. The maximum atomic E-state index is 3.66. The van der Waals surface area contributed by atoms with E-state index in [0.717, 1.165) is 5.92 Å². The van der Waals surface area contributed by atoms with Gasteiger partial charge in [0.15, 0.2) is 0 Å². The Labute approximate surface area is 130 Å². The number of rotatable bonds is 8. The van der Waals surface area contributed by atoms with Crippen molar-refractivity contribution in [1.29, 1.82) is 0 Å². The van der Waals surface area contributed by atoms with Crippen molar-refractivity contribution in [3.05, 3.63) is 35.9 Å². The Hall–Kier alpha value is -0.860. The maximum absolute atomic E-state index is 3.66. The lowest BCUT2D eigenvalue weighted by Gasteiger charge is -2.34. The topological polar surface area (TPSA) is 15.3 Å². The molecule has 2 rings (SSSR count). The third-order valence-corrected chi connectivity index (χ3v) is 4.52. The summed E-state index contributed by atoms with van der Waals surface area (Å²) >= 11 is 0. The Morgan fingerprint density at radius 3 is 2.57 bits per heavy atom. The molecule has 1 aliphatic heterocycles. The van der Waals surface area contributed by atoms with Crippen molar-refractivity contribution < 1.29 is 0 Å². The van der Waals surface area contributed by atoms with Crippen LogP contribution in [0.4, 0.5) is 0 Å². The standard InChI is InChI=1S/C19H32N2/c1-4-19(13-17-9-6-5-7-10-17)21(14-16(2)3)15-18-11-8-12-20-18/h5-7,9-10,16,18-20H,4,8,11-15H2,1-3H3. The summed E-state index contributed by atoms with van der Waals surface area (Å²) in [6, 6.07) is 12.3. The van der Waals surface area contributed by atoms with E-state index in [2.05, 4.69) is 61.3 Å². The first-order valence-corrected chi connectivity index (χ1v) is 8.70. The van der Waals surface area contributed by atoms with E-state index in [4.69, 9.17) is 0 Å². The zero-order valence-electron chi connectivity index (χ0n) is 14.0. The van der Waals surface area contributed by atoms with Gasteiger partial charge in [0, 0.05) is 25.2 Å². The van der Waals surface area contributed by atoms with E-state index >= 15 is 0 Å². The highest BCUT2D eigenvalue weighted by molar-refractivity contribution is 5.16. The van der Waals surface area contributed by atoms with Crippen molar-refractivity contribution in [1.82, 2.24) is 10.2 Å². The number of hydrogen-bond donors (Lipinski definition) is 1. The van der Waals surface area contributed by atoms with Crippen LogP contribution in [0.15, 0.2) is 30.3 Å². The monoisotopic (exact) mass is 288 g/mol. The molecule has 2 nitrogen and oxygen atoms in total. The van der Waals surface area contributed by atoms with E-state index in [1.165, 1.54) is 50.9 Å². The summed E-state index contributed by atoms with van der Waals surface area (Å²) < 4.78 is 0. The Balaban J connectivity index is 2.00. The van der Waals surface area contributed by atoms with Gasteiger partial charge in [-0.05, 0) is 43.7 Å². The number of hydrogen-bond acceptors (Lipinski definition) is 2. The number of benzene rings is 1. The van der Waals surface area contributed by atoms with Gasteiger partial charge in [-0.25, -0.2) is 0 Å². The highest BCUT2D eigenvalue weighted by Crippen LogP contribution is 2.17. The molecule has 0 amide bonds. The molecular weight excluding hydrogens is 256 g/mol. The molecule has 118 valence electrons. The molecule has 1 saturated heterocycles. The Kier molecular flexibility index (Phi) is 6.72. The van der Waals surface area contributed by atoms with Gasteiger partial charge in [-0.1, -0.05) is 51.1 Å². The summed E-state index contributed by atoms with van der Waals surface area (Å²) in [6.07, 6.45) is 5.09. The SMILES string of the molecule is CCC(Cc1ccccc1)N(CC(C)C)CC1CCCN1. The van der Waals surface area contributed by atoms with Crippen LogP contribution >= 0.6 is 0 Å². The molecule has 1 aliphatic rings. The minimum absolute atomic E-state index is 0.664. The predicted octanol–water partition coefficient (Wildman–Crippen LogP) is 3.72. The molecule has 0 spiro atoms. The van der Waals surface area contributed by atoms with Crippen molar-refractivity contribution in [2.75, 3.05) is 19.6 Å². The van der Waals surface area contributed by atoms with Crippen molar-refractivity contribution in [2.45, 2.75) is 58.5 Å². The minimum Gasteiger partial charge on any atom is -0.313 e. The largest absolute Gasteiger partial charge is 0.313 e. The van der Waals surface area contributed by atoms with E-state index in [1.807, 2.05) is 0 Å². The van der Waals surface area contributed by atoms with Crippen LogP contribution in [0.5, 0.6) is 0 Å². The smallest absolute Gasteiger partial charge is 0.0195 e. The van der Waals surface area contributed by atoms with Crippen molar-refractivity contribution in [3.8, 4) is 0 Å². The van der Waals surface area contributed by atoms with E-state index < -0.39 is 0 Å². The molecule has 0 saturated carbocycles. The van der Waals surface area contributed by atoms with Crippen LogP contribution < -0.4 is 5.32 Å². The van der Waals surface area contributed by atoms with Gasteiger partial charge in [-0.2, -0.15) is 0 Å². The van der Waals surface area contributed by atoms with E-state index in [9.17, 15) is 0 Å². The fourth-order valence-corrected chi connectivity index (χ4v) is 3.46. The summed E-state index contributed by atoms with van der Waals surface area (Å²) in [5.41, 5.74) is 1.47. The second-order valence-electron chi connectivity index (χ2n) is 6.89. The van der Waals surface area contributed by atoms with Crippen molar-refractivity contribution in [3.63, 3.8) is 0 Å². The zero-order chi connectivity index (χ0) is 15.1. The van der Waals surface area contributed by atoms with E-state index in [0.29, 0.717) is 12.1 Å². The first-order chi connectivity index (χ1) is 10.2. The van der Waals surface area contributed by atoms with E-state index in [-0.39, 0.29) is 0 Å². The van der Waals surface area contributed by atoms with Crippen molar-refractivity contribution in [2.24, 2.45) is 5.92 Å². The van der Waals surface area contributed by atoms with Gasteiger partial charge in [0.2, 0.25) is 0 Å². The van der Waals surface area contributed by atoms with Crippen LogP contribution in [0.2, 0.25) is 0 Å². The number of nitrogens with one attached hydrogen (secondary N) is 1. The van der Waals surface area contributed by atoms with Crippen LogP contribution in [0.1, 0.15) is 45.6 Å². The lowest BCUT2D eigenvalue weighted by atomic mass is 10.00. The molecule has 2 heteroatoms. The molecule has 1 fully saturated rings. The molecule has 1 aromatic rings. The molecule has 0 aliphatic carbocycles. The predicted molar refractivity (Wildman–Crippen MR) is 91.7 cm³/mol. The van der Waals surface area contributed by atoms with Crippen LogP contribution in [0.3, 0.4) is 0 Å². The van der Waals surface area contributed by atoms with Gasteiger partial charge in [0.05, 0.1) is 0 Å². The fourth-order valence-electron chi connectivity index (χ4n) is 3.46. The molecule has 1 aromatic carbocycles. The third kappa shape index (κ3) is 5.44. The normalized spacial score (nSPS) is 20.3. The second-order valence-corrected chi connectivity index (χ2v) is 6.89. The molecule has 1 heterocycles. The molecule has 0 radical (unpaired) electrons. The van der Waals surface area contributed by atoms with Crippen molar-refractivity contribution >= 4 is 0 Å². The fraction of sp³-hybridized carbons (Fsp3) is 0.684. The van der Waals surface area contributed by atoms with Gasteiger partial charge in [0.25, 0.3) is 0 Å². The Morgan fingerprint density at radius 2 is 2.00 bits per heavy atom. The first-order valence-electron chi connectivity index (χ1n) is 8.70. The van der Waals surface area contributed by atoms with Gasteiger partial charge < -0.3 is 5.32 Å². The molecule has 2 unspecified atom stereocenters. The first kappa shape index (κ1) is 16.5. The highest BCUT2D eigenvalue weighted by atomic mass is 15.2. The van der Waals surface area contributed by atoms with Crippen LogP contribution in [-0.2, 0) is 6.42 Å². The molecule has 21 heavy (non-hydrogen) atoms. The molecule has 0 bridgehead atoms. The lowest BCUT2D eigenvalue weighted by Crippen LogP contribution is -2.45. The molecule has 1 N–H and O–H groups in total. The van der Waals surface area contributed by atoms with Crippen LogP contribution in [0, 0.1) is 5.92 Å². The van der Waals surface area contributed by atoms with Gasteiger partial charge in [0.1, 0.15) is 0 Å². The van der Waals surface area contributed by atoms with E-state index in [1.54, 1.807) is 0 Å². The highest BCUT2D eigenvalue weighted by Gasteiger charge is 2.23. The van der Waals surface area contributed by atoms with Crippen LogP contribution in [-0.4, -0.2) is 36.6 Å². The lowest BCUT2D eigenvalue weighted by molar-refractivity contribution is 0.155.